The van der Waals surface area contributed by atoms with Crippen molar-refractivity contribution >= 4 is 42.2 Å². The van der Waals surface area contributed by atoms with E-state index < -0.39 is 36.5 Å². The second kappa shape index (κ2) is 5.89. The first kappa shape index (κ1) is 14.2. The van der Waals surface area contributed by atoms with E-state index in [2.05, 4.69) is 12.6 Å². The molecule has 7 heteroatoms. The number of hydrogen-bond acceptors (Lipinski definition) is 6. The molecule has 1 rings (SSSR count). The molecule has 1 aliphatic rings. The average molecular weight is 219 g/mol. The van der Waals surface area contributed by atoms with Crippen LogP contribution in [-0.4, -0.2) is 86.4 Å². The molecule has 5 nitrogen and oxygen atoms in total. The van der Waals surface area contributed by atoms with Crippen LogP contribution >= 0.6 is 12.6 Å². The minimum atomic E-state index is -1.32. The van der Waals surface area contributed by atoms with Crippen molar-refractivity contribution in [2.45, 2.75) is 29.9 Å². The van der Waals surface area contributed by atoms with Gasteiger partial charge in [0, 0.05) is 29.6 Å². The molecule has 0 aromatic carbocycles. The van der Waals surface area contributed by atoms with Crippen LogP contribution in [0.3, 0.4) is 0 Å². The zero-order chi connectivity index (χ0) is 9.30. The molecule has 0 aromatic rings. The van der Waals surface area contributed by atoms with Crippen molar-refractivity contribution in [1.29, 1.82) is 0 Å². The van der Waals surface area contributed by atoms with Crippen molar-refractivity contribution in [3.05, 3.63) is 0 Å². The van der Waals surface area contributed by atoms with Gasteiger partial charge in [-0.05, 0) is 0 Å². The van der Waals surface area contributed by atoms with Gasteiger partial charge in [-0.1, -0.05) is 0 Å². The van der Waals surface area contributed by atoms with E-state index >= 15 is 0 Å². The Bertz CT molecular complexity index is 155. The molecular weight excluding hydrogens is 207 g/mol. The van der Waals surface area contributed by atoms with Crippen LogP contribution in [0.4, 0.5) is 0 Å². The van der Waals surface area contributed by atoms with Gasteiger partial charge in [-0.15, -0.1) is 12.6 Å². The predicted octanol–water partition coefficient (Wildman–Crippen LogP) is -2.66. The van der Waals surface area contributed by atoms with Gasteiger partial charge in [-0.25, -0.2) is 0 Å². The summed E-state index contributed by atoms with van der Waals surface area (Å²) in [7, 11) is 0. The quantitative estimate of drug-likeness (QED) is 0.245. The second-order valence-corrected chi connectivity index (χ2v) is 3.23. The van der Waals surface area contributed by atoms with Crippen LogP contribution in [0.1, 0.15) is 0 Å². The van der Waals surface area contributed by atoms with E-state index in [1.54, 1.807) is 0 Å². The summed E-state index contributed by atoms with van der Waals surface area (Å²) in [6, 6.07) is 0. The Morgan fingerprint density at radius 2 is 1.62 bits per heavy atom. The van der Waals surface area contributed by atoms with Crippen LogP contribution in [0.2, 0.25) is 0 Å². The molecule has 0 amide bonds. The Balaban J connectivity index is 0.00000144. The smallest absolute Gasteiger partial charge is 0.129 e. The first-order valence-corrected chi connectivity index (χ1v) is 4.08. The molecule has 0 saturated carbocycles. The minimum Gasteiger partial charge on any atom is -0.394 e. The predicted molar refractivity (Wildman–Crippen MR) is 48.5 cm³/mol. The van der Waals surface area contributed by atoms with Crippen LogP contribution in [0.5, 0.6) is 0 Å². The molecule has 0 aliphatic carbocycles. The van der Waals surface area contributed by atoms with E-state index in [0.29, 0.717) is 0 Å². The average Bonchev–Trinajstić information content (AvgIpc) is 2.08. The summed E-state index contributed by atoms with van der Waals surface area (Å²) in [4.78, 5) is 0. The van der Waals surface area contributed by atoms with Crippen molar-refractivity contribution in [1.82, 2.24) is 0 Å². The first-order valence-electron chi connectivity index (χ1n) is 3.56. The van der Waals surface area contributed by atoms with Crippen LogP contribution in [0, 0.1) is 0 Å². The van der Waals surface area contributed by atoms with Crippen LogP contribution in [0.25, 0.3) is 0 Å². The number of aliphatic hydroxyl groups is 4. The van der Waals surface area contributed by atoms with E-state index in [-0.39, 0.29) is 29.6 Å². The molecule has 0 bridgehead atoms. The molecule has 1 aliphatic heterocycles. The van der Waals surface area contributed by atoms with Gasteiger partial charge in [0.15, 0.2) is 0 Å². The SMILES string of the molecule is OCC1OC(S)C(O)C(O)C1O.[Na]. The summed E-state index contributed by atoms with van der Waals surface area (Å²) >= 11 is 3.81. The Morgan fingerprint density at radius 1 is 1.08 bits per heavy atom. The van der Waals surface area contributed by atoms with Crippen LogP contribution < -0.4 is 0 Å². The van der Waals surface area contributed by atoms with Gasteiger partial charge >= 0.3 is 0 Å². The van der Waals surface area contributed by atoms with E-state index in [9.17, 15) is 10.2 Å². The fourth-order valence-corrected chi connectivity index (χ4v) is 1.41. The Labute approximate surface area is 103 Å². The molecule has 5 atom stereocenters. The zero-order valence-electron chi connectivity index (χ0n) is 7.24. The topological polar surface area (TPSA) is 90.2 Å². The molecule has 0 spiro atoms. The summed E-state index contributed by atoms with van der Waals surface area (Å²) in [6.45, 7) is -0.415. The molecule has 1 saturated heterocycles. The minimum absolute atomic E-state index is 0. The summed E-state index contributed by atoms with van der Waals surface area (Å²) in [5, 5.41) is 36.2. The number of thiol groups is 1. The van der Waals surface area contributed by atoms with Crippen molar-refractivity contribution in [2.24, 2.45) is 0 Å². The number of rotatable bonds is 1. The maximum atomic E-state index is 9.20. The van der Waals surface area contributed by atoms with Gasteiger partial charge < -0.3 is 25.2 Å². The van der Waals surface area contributed by atoms with Gasteiger partial charge in [0.25, 0.3) is 0 Å². The second-order valence-electron chi connectivity index (χ2n) is 2.72. The molecule has 13 heavy (non-hydrogen) atoms. The van der Waals surface area contributed by atoms with E-state index in [1.807, 2.05) is 0 Å². The monoisotopic (exact) mass is 219 g/mol. The molecule has 1 radical (unpaired) electrons. The third-order valence-corrected chi connectivity index (χ3v) is 2.29. The number of hydrogen-bond donors (Lipinski definition) is 5. The summed E-state index contributed by atoms with van der Waals surface area (Å²) in [6.07, 6.45) is -4.70. The Hall–Kier alpha value is 1.15. The molecular formula is C6H12NaO5S. The van der Waals surface area contributed by atoms with Gasteiger partial charge in [0.05, 0.1) is 6.61 Å². The molecule has 5 unspecified atom stereocenters. The third-order valence-electron chi connectivity index (χ3n) is 1.87. The van der Waals surface area contributed by atoms with E-state index in [1.165, 1.54) is 0 Å². The van der Waals surface area contributed by atoms with Crippen molar-refractivity contribution in [3.63, 3.8) is 0 Å². The molecule has 1 fully saturated rings. The fourth-order valence-electron chi connectivity index (χ4n) is 1.08. The van der Waals surface area contributed by atoms with Gasteiger partial charge in [0.2, 0.25) is 0 Å². The summed E-state index contributed by atoms with van der Waals surface area (Å²) < 4.78 is 4.88. The first-order chi connectivity index (χ1) is 5.57. The van der Waals surface area contributed by atoms with Crippen molar-refractivity contribution < 1.29 is 25.2 Å². The standard InChI is InChI=1S/C6H12O5S.Na/c7-1-2-3(8)4(9)5(10)6(12)11-2;/h2-10,12H,1H2;. The van der Waals surface area contributed by atoms with Crippen LogP contribution in [0.15, 0.2) is 0 Å². The molecule has 73 valence electrons. The Morgan fingerprint density at radius 3 is 2.08 bits per heavy atom. The fraction of sp³-hybridized carbons (Fsp3) is 1.00. The Kier molecular flexibility index (Phi) is 6.41. The van der Waals surface area contributed by atoms with Crippen molar-refractivity contribution in [2.75, 3.05) is 6.61 Å². The number of aliphatic hydroxyl groups excluding tert-OH is 4. The number of ether oxygens (including phenoxy) is 1. The zero-order valence-corrected chi connectivity index (χ0v) is 10.1. The van der Waals surface area contributed by atoms with Gasteiger partial charge in [0.1, 0.15) is 29.9 Å². The third kappa shape index (κ3) is 3.05. The largest absolute Gasteiger partial charge is 0.394 e. The molecule has 1 heterocycles. The van der Waals surface area contributed by atoms with Crippen molar-refractivity contribution in [3.8, 4) is 0 Å². The van der Waals surface area contributed by atoms with Gasteiger partial charge in [-0.2, -0.15) is 0 Å². The maximum absolute atomic E-state index is 9.20. The normalized spacial score (nSPS) is 45.5. The molecule has 0 aromatic heterocycles. The van der Waals surface area contributed by atoms with Gasteiger partial charge in [-0.3, -0.25) is 0 Å². The maximum Gasteiger partial charge on any atom is 0.129 e. The van der Waals surface area contributed by atoms with E-state index in [0.717, 1.165) is 0 Å². The van der Waals surface area contributed by atoms with Crippen LogP contribution in [-0.2, 0) is 4.74 Å². The summed E-state index contributed by atoms with van der Waals surface area (Å²) in [5.74, 6) is 0. The summed E-state index contributed by atoms with van der Waals surface area (Å²) in [5.41, 5.74) is -0.874. The van der Waals surface area contributed by atoms with E-state index in [4.69, 9.17) is 14.9 Å². The molecule has 4 N–H and O–H groups in total.